The first kappa shape index (κ1) is 20.0. The summed E-state index contributed by atoms with van der Waals surface area (Å²) in [5, 5.41) is 6.41. The molecule has 11 heteroatoms. The highest BCUT2D eigenvalue weighted by Gasteiger charge is 2.31. The smallest absolute Gasteiger partial charge is 0.481 e. The molecule has 8 nitrogen and oxygen atoms in total. The Morgan fingerprint density at radius 1 is 1.21 bits per heavy atom. The topological polar surface area (TPSA) is 112 Å². The lowest BCUT2D eigenvalue weighted by molar-refractivity contribution is -0.274. The van der Waals surface area contributed by atoms with E-state index in [0.717, 1.165) is 12.1 Å². The van der Waals surface area contributed by atoms with Gasteiger partial charge in [-0.3, -0.25) is 4.79 Å². The van der Waals surface area contributed by atoms with Gasteiger partial charge >= 0.3 is 6.36 Å². The molecule has 0 saturated carbocycles. The van der Waals surface area contributed by atoms with Crippen molar-refractivity contribution >= 4 is 11.8 Å². The van der Waals surface area contributed by atoms with Crippen molar-refractivity contribution in [2.45, 2.75) is 12.9 Å². The lowest BCUT2D eigenvalue weighted by Gasteiger charge is -2.10. The number of carbonyl (C=O) groups is 1. The molecule has 29 heavy (non-hydrogen) atoms. The summed E-state index contributed by atoms with van der Waals surface area (Å²) in [5.74, 6) is -0.716. The number of nitrogen functional groups attached to an aromatic ring is 1. The highest BCUT2D eigenvalue weighted by molar-refractivity contribution is 6.03. The van der Waals surface area contributed by atoms with Crippen molar-refractivity contribution in [2.24, 2.45) is 0 Å². The molecular formula is C18H15F3N4O4. The molecule has 3 N–H and O–H groups in total. The maximum absolute atomic E-state index is 12.6. The van der Waals surface area contributed by atoms with E-state index in [1.54, 1.807) is 12.1 Å². The zero-order chi connectivity index (χ0) is 21.0. The third kappa shape index (κ3) is 4.94. The van der Waals surface area contributed by atoms with Crippen LogP contribution in [0.3, 0.4) is 0 Å². The predicted octanol–water partition coefficient (Wildman–Crippen LogP) is 3.16. The van der Waals surface area contributed by atoms with Gasteiger partial charge in [0.1, 0.15) is 17.0 Å². The van der Waals surface area contributed by atoms with Gasteiger partial charge in [0.15, 0.2) is 0 Å². The monoisotopic (exact) mass is 408 g/mol. The summed E-state index contributed by atoms with van der Waals surface area (Å²) in [6.07, 6.45) is -3.32. The van der Waals surface area contributed by atoms with E-state index in [4.69, 9.17) is 15.0 Å². The molecule has 0 spiro atoms. The van der Waals surface area contributed by atoms with E-state index in [-0.39, 0.29) is 29.4 Å². The second kappa shape index (κ2) is 8.09. The van der Waals surface area contributed by atoms with Gasteiger partial charge in [0.2, 0.25) is 11.8 Å². The molecule has 3 rings (SSSR count). The number of nitrogens with two attached hydrogens (primary N) is 1. The van der Waals surface area contributed by atoms with Crippen LogP contribution in [0.15, 0.2) is 47.1 Å². The Balaban J connectivity index is 1.70. The Morgan fingerprint density at radius 3 is 2.52 bits per heavy atom. The molecule has 1 aromatic carbocycles. The van der Waals surface area contributed by atoms with E-state index in [0.29, 0.717) is 17.0 Å². The van der Waals surface area contributed by atoms with Gasteiger partial charge in [-0.05, 0) is 23.8 Å². The molecule has 0 fully saturated rings. The maximum atomic E-state index is 12.6. The SMILES string of the molecule is COc1ccc(-c2noc(N)c2C(=O)NCc2ccc(OC(F)(F)F)cc2)cn1. The van der Waals surface area contributed by atoms with Crippen LogP contribution in [0.5, 0.6) is 11.6 Å². The number of anilines is 1. The highest BCUT2D eigenvalue weighted by Crippen LogP contribution is 2.27. The number of benzene rings is 1. The van der Waals surface area contributed by atoms with Crippen molar-refractivity contribution in [1.82, 2.24) is 15.5 Å². The van der Waals surface area contributed by atoms with Crippen LogP contribution in [0.25, 0.3) is 11.3 Å². The molecule has 3 aromatic rings. The van der Waals surface area contributed by atoms with E-state index < -0.39 is 12.3 Å². The van der Waals surface area contributed by atoms with E-state index in [1.807, 2.05) is 0 Å². The number of ether oxygens (including phenoxy) is 2. The number of carbonyl (C=O) groups excluding carboxylic acids is 1. The van der Waals surface area contributed by atoms with Crippen LogP contribution in [0.2, 0.25) is 0 Å². The van der Waals surface area contributed by atoms with Crippen molar-refractivity contribution in [3.8, 4) is 22.9 Å². The van der Waals surface area contributed by atoms with E-state index in [2.05, 4.69) is 20.2 Å². The number of amides is 1. The van der Waals surface area contributed by atoms with Crippen LogP contribution >= 0.6 is 0 Å². The molecule has 0 bridgehead atoms. The zero-order valence-corrected chi connectivity index (χ0v) is 15.0. The lowest BCUT2D eigenvalue weighted by Crippen LogP contribution is -2.24. The number of aromatic nitrogens is 2. The third-order valence-electron chi connectivity index (χ3n) is 3.77. The standard InChI is InChI=1S/C18H15F3N4O4/c1-27-13-7-4-11(9-23-13)15-14(16(22)29-25-15)17(26)24-8-10-2-5-12(6-3-10)28-18(19,20)21/h2-7,9H,8,22H2,1H3,(H,24,26). The summed E-state index contributed by atoms with van der Waals surface area (Å²) in [4.78, 5) is 16.6. The molecule has 1 amide bonds. The number of methoxy groups -OCH3 is 1. The molecular weight excluding hydrogens is 393 g/mol. The predicted molar refractivity (Wildman–Crippen MR) is 95.0 cm³/mol. The van der Waals surface area contributed by atoms with Crippen molar-refractivity contribution in [2.75, 3.05) is 12.8 Å². The third-order valence-corrected chi connectivity index (χ3v) is 3.77. The average Bonchev–Trinajstić information content (AvgIpc) is 3.07. The number of nitrogens with one attached hydrogen (secondary N) is 1. The zero-order valence-electron chi connectivity index (χ0n) is 15.0. The number of pyridine rings is 1. The number of nitrogens with zero attached hydrogens (tertiary/aromatic N) is 2. The lowest BCUT2D eigenvalue weighted by atomic mass is 10.1. The van der Waals surface area contributed by atoms with Gasteiger partial charge in [-0.2, -0.15) is 0 Å². The molecule has 152 valence electrons. The first-order valence-corrected chi connectivity index (χ1v) is 8.15. The number of halogens is 3. The van der Waals surface area contributed by atoms with Gasteiger partial charge in [0.05, 0.1) is 7.11 Å². The van der Waals surface area contributed by atoms with Crippen LogP contribution < -0.4 is 20.5 Å². The van der Waals surface area contributed by atoms with Crippen molar-refractivity contribution in [1.29, 1.82) is 0 Å². The van der Waals surface area contributed by atoms with E-state index >= 15 is 0 Å². The van der Waals surface area contributed by atoms with Crippen LogP contribution in [0.1, 0.15) is 15.9 Å². The minimum atomic E-state index is -4.77. The fraction of sp³-hybridized carbons (Fsp3) is 0.167. The highest BCUT2D eigenvalue weighted by atomic mass is 19.4. The van der Waals surface area contributed by atoms with Crippen molar-refractivity contribution < 1.29 is 32.0 Å². The first-order valence-electron chi connectivity index (χ1n) is 8.15. The summed E-state index contributed by atoms with van der Waals surface area (Å²) in [6.45, 7) is 0.0378. The Labute approximate surface area is 162 Å². The van der Waals surface area contributed by atoms with Crippen molar-refractivity contribution in [3.63, 3.8) is 0 Å². The summed E-state index contributed by atoms with van der Waals surface area (Å²) in [6, 6.07) is 8.32. The van der Waals surface area contributed by atoms with Crippen LogP contribution in [0, 0.1) is 0 Å². The van der Waals surface area contributed by atoms with E-state index in [9.17, 15) is 18.0 Å². The summed E-state index contributed by atoms with van der Waals surface area (Å²) < 4.78 is 50.3. The molecule has 0 aliphatic carbocycles. The van der Waals surface area contributed by atoms with Gasteiger partial charge in [0.25, 0.3) is 5.91 Å². The maximum Gasteiger partial charge on any atom is 0.573 e. The second-order valence-corrected chi connectivity index (χ2v) is 5.73. The first-order chi connectivity index (χ1) is 13.8. The number of rotatable bonds is 6. The number of hydrogen-bond acceptors (Lipinski definition) is 7. The largest absolute Gasteiger partial charge is 0.573 e. The molecule has 0 atom stereocenters. The Kier molecular flexibility index (Phi) is 5.57. The second-order valence-electron chi connectivity index (χ2n) is 5.73. The minimum absolute atomic E-state index is 0.0222. The molecule has 0 saturated heterocycles. The fourth-order valence-corrected chi connectivity index (χ4v) is 2.44. The molecule has 0 aliphatic rings. The van der Waals surface area contributed by atoms with Crippen molar-refractivity contribution in [3.05, 3.63) is 53.7 Å². The Hall–Kier alpha value is -3.76. The van der Waals surface area contributed by atoms with Crippen LogP contribution in [-0.2, 0) is 6.54 Å². The van der Waals surface area contributed by atoms with Gasteiger partial charge < -0.3 is 25.0 Å². The van der Waals surface area contributed by atoms with Gasteiger partial charge in [-0.25, -0.2) is 4.98 Å². The van der Waals surface area contributed by atoms with Gasteiger partial charge in [-0.15, -0.1) is 13.2 Å². The van der Waals surface area contributed by atoms with Gasteiger partial charge in [-0.1, -0.05) is 17.3 Å². The number of alkyl halides is 3. The molecule has 0 radical (unpaired) electrons. The molecule has 0 aliphatic heterocycles. The molecule has 0 unspecified atom stereocenters. The normalized spacial score (nSPS) is 11.2. The fourth-order valence-electron chi connectivity index (χ4n) is 2.44. The Bertz CT molecular complexity index is 986. The summed E-state index contributed by atoms with van der Waals surface area (Å²) >= 11 is 0. The minimum Gasteiger partial charge on any atom is -0.481 e. The van der Waals surface area contributed by atoms with Crippen LogP contribution in [0.4, 0.5) is 19.1 Å². The molecule has 2 heterocycles. The Morgan fingerprint density at radius 2 is 1.93 bits per heavy atom. The quantitative estimate of drug-likeness (QED) is 0.644. The van der Waals surface area contributed by atoms with Crippen LogP contribution in [-0.4, -0.2) is 29.5 Å². The van der Waals surface area contributed by atoms with Gasteiger partial charge in [0, 0.05) is 24.4 Å². The van der Waals surface area contributed by atoms with E-state index in [1.165, 1.54) is 25.4 Å². The average molecular weight is 408 g/mol. The number of hydrogen-bond donors (Lipinski definition) is 2. The summed E-state index contributed by atoms with van der Waals surface area (Å²) in [5.41, 5.74) is 6.99. The summed E-state index contributed by atoms with van der Waals surface area (Å²) in [7, 11) is 1.47. The molecule has 2 aromatic heterocycles.